The fourth-order valence-corrected chi connectivity index (χ4v) is 5.03. The van der Waals surface area contributed by atoms with Crippen molar-refractivity contribution in [3.8, 4) is 5.75 Å². The molecule has 1 saturated heterocycles. The Hall–Kier alpha value is -2.09. The fourth-order valence-electron chi connectivity index (χ4n) is 3.23. The van der Waals surface area contributed by atoms with Gasteiger partial charge in [-0.2, -0.15) is 4.31 Å². The van der Waals surface area contributed by atoms with E-state index in [4.69, 9.17) is 16.3 Å². The number of nitrogens with zero attached hydrogens (tertiary/aromatic N) is 1. The molecule has 6 nitrogen and oxygen atoms in total. The van der Waals surface area contributed by atoms with Crippen LogP contribution in [0.1, 0.15) is 30.4 Å². The van der Waals surface area contributed by atoms with Crippen molar-refractivity contribution in [3.63, 3.8) is 0 Å². The number of carbonyl (C=O) groups excluding carboxylic acids is 1. The minimum atomic E-state index is -3.49. The minimum absolute atomic E-state index is 0.163. The average Bonchev–Trinajstić information content (AvgIpc) is 2.73. The van der Waals surface area contributed by atoms with Gasteiger partial charge in [-0.25, -0.2) is 8.42 Å². The zero-order valence-electron chi connectivity index (χ0n) is 16.4. The summed E-state index contributed by atoms with van der Waals surface area (Å²) < 4.78 is 32.7. The Morgan fingerprint density at radius 1 is 1.14 bits per heavy atom. The van der Waals surface area contributed by atoms with Crippen LogP contribution in [0.5, 0.6) is 5.75 Å². The predicted molar refractivity (Wildman–Crippen MR) is 113 cm³/mol. The van der Waals surface area contributed by atoms with Crippen molar-refractivity contribution in [2.75, 3.05) is 19.7 Å². The van der Waals surface area contributed by atoms with Crippen LogP contribution in [0.4, 0.5) is 0 Å². The molecule has 8 heteroatoms. The van der Waals surface area contributed by atoms with Crippen molar-refractivity contribution in [2.45, 2.75) is 37.6 Å². The number of amides is 1. The summed E-state index contributed by atoms with van der Waals surface area (Å²) in [5, 5.41) is 3.35. The predicted octanol–water partition coefficient (Wildman–Crippen LogP) is 3.52. The molecule has 2 aromatic carbocycles. The Balaban J connectivity index is 1.57. The van der Waals surface area contributed by atoms with Gasteiger partial charge in [0.1, 0.15) is 5.75 Å². The maximum Gasteiger partial charge on any atom is 0.258 e. The summed E-state index contributed by atoms with van der Waals surface area (Å²) in [6, 6.07) is 12.0. The second-order valence-corrected chi connectivity index (χ2v) is 9.39. The lowest BCUT2D eigenvalue weighted by Crippen LogP contribution is -2.35. The Kier molecular flexibility index (Phi) is 7.16. The summed E-state index contributed by atoms with van der Waals surface area (Å²) in [5.74, 6) is 0.199. The standard InChI is InChI=1S/C21H25ClN2O4S/c1-16-13-18(29(26,27)24-11-5-2-6-12-24)9-10-20(16)28-15-21(25)23-14-17-7-3-4-8-19(17)22/h3-4,7-10,13H,2,5-6,11-12,14-15H2,1H3,(H,23,25). The van der Waals surface area contributed by atoms with Crippen LogP contribution in [0.3, 0.4) is 0 Å². The molecule has 0 bridgehead atoms. The summed E-state index contributed by atoms with van der Waals surface area (Å²) >= 11 is 6.07. The van der Waals surface area contributed by atoms with Gasteiger partial charge in [0.15, 0.2) is 6.61 Å². The molecule has 0 atom stereocenters. The Morgan fingerprint density at radius 3 is 2.55 bits per heavy atom. The number of hydrogen-bond donors (Lipinski definition) is 1. The maximum atomic E-state index is 12.8. The van der Waals surface area contributed by atoms with E-state index in [1.165, 1.54) is 10.4 Å². The second-order valence-electron chi connectivity index (χ2n) is 7.05. The SMILES string of the molecule is Cc1cc(S(=O)(=O)N2CCCCC2)ccc1OCC(=O)NCc1ccccc1Cl. The number of aryl methyl sites for hydroxylation is 1. The first-order valence-electron chi connectivity index (χ1n) is 9.61. The highest BCUT2D eigenvalue weighted by Gasteiger charge is 2.26. The van der Waals surface area contributed by atoms with Gasteiger partial charge >= 0.3 is 0 Å². The molecule has 29 heavy (non-hydrogen) atoms. The molecule has 1 N–H and O–H groups in total. The van der Waals surface area contributed by atoms with Crippen LogP contribution < -0.4 is 10.1 Å². The molecule has 1 fully saturated rings. The van der Waals surface area contributed by atoms with E-state index in [0.29, 0.717) is 36.0 Å². The molecule has 0 spiro atoms. The van der Waals surface area contributed by atoms with Gasteiger partial charge in [-0.3, -0.25) is 4.79 Å². The third-order valence-corrected chi connectivity index (χ3v) is 7.16. The summed E-state index contributed by atoms with van der Waals surface area (Å²) in [4.78, 5) is 12.3. The number of nitrogens with one attached hydrogen (secondary N) is 1. The van der Waals surface area contributed by atoms with E-state index in [-0.39, 0.29) is 17.4 Å². The number of hydrogen-bond acceptors (Lipinski definition) is 4. The van der Waals surface area contributed by atoms with Gasteiger partial charge in [0.2, 0.25) is 10.0 Å². The minimum Gasteiger partial charge on any atom is -0.484 e. The van der Waals surface area contributed by atoms with Crippen LogP contribution in [-0.2, 0) is 21.4 Å². The number of rotatable bonds is 7. The Labute approximate surface area is 176 Å². The van der Waals surface area contributed by atoms with Crippen LogP contribution in [-0.4, -0.2) is 38.3 Å². The van der Waals surface area contributed by atoms with Crippen LogP contribution in [0.25, 0.3) is 0 Å². The zero-order valence-corrected chi connectivity index (χ0v) is 17.9. The molecule has 1 aliphatic heterocycles. The third-order valence-electron chi connectivity index (χ3n) is 4.89. The van der Waals surface area contributed by atoms with E-state index >= 15 is 0 Å². The molecule has 2 aromatic rings. The lowest BCUT2D eigenvalue weighted by atomic mass is 10.2. The van der Waals surface area contributed by atoms with Crippen molar-refractivity contribution < 1.29 is 17.9 Å². The van der Waals surface area contributed by atoms with E-state index in [2.05, 4.69) is 5.32 Å². The van der Waals surface area contributed by atoms with Gasteiger partial charge in [-0.1, -0.05) is 36.2 Å². The van der Waals surface area contributed by atoms with Gasteiger partial charge in [-0.05, 0) is 55.2 Å². The number of benzene rings is 2. The number of piperidine rings is 1. The monoisotopic (exact) mass is 436 g/mol. The Morgan fingerprint density at radius 2 is 1.86 bits per heavy atom. The lowest BCUT2D eigenvalue weighted by Gasteiger charge is -2.26. The van der Waals surface area contributed by atoms with Crippen molar-refractivity contribution in [3.05, 3.63) is 58.6 Å². The average molecular weight is 437 g/mol. The van der Waals surface area contributed by atoms with E-state index in [0.717, 1.165) is 24.8 Å². The first kappa shape index (κ1) is 21.6. The van der Waals surface area contributed by atoms with Gasteiger partial charge in [0.05, 0.1) is 4.90 Å². The maximum absolute atomic E-state index is 12.8. The highest BCUT2D eigenvalue weighted by atomic mass is 35.5. The van der Waals surface area contributed by atoms with Crippen LogP contribution in [0.15, 0.2) is 47.4 Å². The lowest BCUT2D eigenvalue weighted by molar-refractivity contribution is -0.123. The van der Waals surface area contributed by atoms with E-state index in [1.807, 2.05) is 18.2 Å². The molecule has 0 saturated carbocycles. The largest absolute Gasteiger partial charge is 0.484 e. The molecule has 1 heterocycles. The van der Waals surface area contributed by atoms with Gasteiger partial charge in [0, 0.05) is 24.7 Å². The summed E-state index contributed by atoms with van der Waals surface area (Å²) in [5.41, 5.74) is 1.49. The van der Waals surface area contributed by atoms with Crippen molar-refractivity contribution >= 4 is 27.5 Å². The van der Waals surface area contributed by atoms with Gasteiger partial charge in [-0.15, -0.1) is 0 Å². The topological polar surface area (TPSA) is 75.7 Å². The molecule has 0 aromatic heterocycles. The molecule has 0 unspecified atom stereocenters. The first-order valence-corrected chi connectivity index (χ1v) is 11.4. The molecule has 0 radical (unpaired) electrons. The number of sulfonamides is 1. The van der Waals surface area contributed by atoms with Crippen molar-refractivity contribution in [1.82, 2.24) is 9.62 Å². The molecule has 3 rings (SSSR count). The van der Waals surface area contributed by atoms with Crippen molar-refractivity contribution in [2.24, 2.45) is 0 Å². The van der Waals surface area contributed by atoms with Gasteiger partial charge < -0.3 is 10.1 Å². The highest BCUT2D eigenvalue weighted by Crippen LogP contribution is 2.26. The normalized spacial score (nSPS) is 15.1. The molecule has 1 amide bonds. The van der Waals surface area contributed by atoms with Crippen LogP contribution >= 0.6 is 11.6 Å². The number of carbonyl (C=O) groups is 1. The fraction of sp³-hybridized carbons (Fsp3) is 0.381. The second kappa shape index (κ2) is 9.61. The molecular formula is C21H25ClN2O4S. The highest BCUT2D eigenvalue weighted by molar-refractivity contribution is 7.89. The van der Waals surface area contributed by atoms with E-state index in [9.17, 15) is 13.2 Å². The molecule has 0 aliphatic carbocycles. The first-order chi connectivity index (χ1) is 13.9. The van der Waals surface area contributed by atoms with Crippen LogP contribution in [0.2, 0.25) is 5.02 Å². The van der Waals surface area contributed by atoms with Crippen molar-refractivity contribution in [1.29, 1.82) is 0 Å². The molecular weight excluding hydrogens is 412 g/mol. The molecule has 1 aliphatic rings. The zero-order chi connectivity index (χ0) is 20.9. The quantitative estimate of drug-likeness (QED) is 0.720. The summed E-state index contributed by atoms with van der Waals surface area (Å²) in [6.07, 6.45) is 2.85. The molecule has 156 valence electrons. The number of ether oxygens (including phenoxy) is 1. The Bertz CT molecular complexity index is 972. The van der Waals surface area contributed by atoms with Gasteiger partial charge in [0.25, 0.3) is 5.91 Å². The third kappa shape index (κ3) is 5.50. The smallest absolute Gasteiger partial charge is 0.258 e. The number of halogens is 1. The summed E-state index contributed by atoms with van der Waals surface area (Å²) in [6.45, 7) is 3.04. The summed E-state index contributed by atoms with van der Waals surface area (Å²) in [7, 11) is -3.49. The van der Waals surface area contributed by atoms with Crippen LogP contribution in [0, 0.1) is 6.92 Å². The van der Waals surface area contributed by atoms with E-state index in [1.54, 1.807) is 25.1 Å². The van der Waals surface area contributed by atoms with E-state index < -0.39 is 10.0 Å².